The summed E-state index contributed by atoms with van der Waals surface area (Å²) in [5.41, 5.74) is 0.459. The minimum atomic E-state index is -0.685. The Hall–Kier alpha value is -1.94. The van der Waals surface area contributed by atoms with Crippen LogP contribution in [0.2, 0.25) is 0 Å². The van der Waals surface area contributed by atoms with E-state index >= 15 is 0 Å². The molecule has 1 N–H and O–H groups in total. The highest BCUT2D eigenvalue weighted by molar-refractivity contribution is 5.32. The maximum absolute atomic E-state index is 10.8. The summed E-state index contributed by atoms with van der Waals surface area (Å²) in [6, 6.07) is 6.69. The number of quaternary nitrogens is 1. The standard InChI is InChI=1S/C19H27N2O4/c1-4-19(2,3)25-15-18(22)14-21(11-5-6-12-21)13-16-7-9-17(10-8-16)20(23)24/h1,7-10,18,22H,5-6,11-15H2,2-3H3/q+1. The lowest BCUT2D eigenvalue weighted by Gasteiger charge is -2.36. The molecule has 136 valence electrons. The van der Waals surface area contributed by atoms with Gasteiger partial charge in [-0.2, -0.15) is 0 Å². The molecule has 0 radical (unpaired) electrons. The Morgan fingerprint density at radius 3 is 2.48 bits per heavy atom. The van der Waals surface area contributed by atoms with Crippen molar-refractivity contribution in [3.8, 4) is 12.3 Å². The molecule has 1 atom stereocenters. The van der Waals surface area contributed by atoms with Gasteiger partial charge in [-0.3, -0.25) is 10.1 Å². The summed E-state index contributed by atoms with van der Waals surface area (Å²) in [4.78, 5) is 10.4. The number of rotatable bonds is 8. The molecular formula is C19H27N2O4+. The van der Waals surface area contributed by atoms with Crippen molar-refractivity contribution in [3.63, 3.8) is 0 Å². The number of hydrogen-bond acceptors (Lipinski definition) is 4. The third-order valence-corrected chi connectivity index (χ3v) is 4.76. The second-order valence-corrected chi connectivity index (χ2v) is 7.38. The molecule has 25 heavy (non-hydrogen) atoms. The molecule has 0 bridgehead atoms. The molecule has 0 saturated carbocycles. The summed E-state index contributed by atoms with van der Waals surface area (Å²) in [6.45, 7) is 7.15. The molecule has 1 fully saturated rings. The molecule has 6 heteroatoms. The van der Waals surface area contributed by atoms with Crippen LogP contribution in [0.15, 0.2) is 24.3 Å². The molecule has 0 amide bonds. The Morgan fingerprint density at radius 1 is 1.36 bits per heavy atom. The van der Waals surface area contributed by atoms with Crippen molar-refractivity contribution in [2.45, 2.75) is 44.9 Å². The zero-order valence-corrected chi connectivity index (χ0v) is 15.0. The van der Waals surface area contributed by atoms with Crippen LogP contribution in [0, 0.1) is 22.5 Å². The van der Waals surface area contributed by atoms with Gasteiger partial charge in [0.2, 0.25) is 0 Å². The summed E-state index contributed by atoms with van der Waals surface area (Å²) < 4.78 is 6.39. The van der Waals surface area contributed by atoms with E-state index in [2.05, 4.69) is 5.92 Å². The van der Waals surface area contributed by atoms with Gasteiger partial charge in [-0.05, 0) is 26.0 Å². The van der Waals surface area contributed by atoms with E-state index in [4.69, 9.17) is 11.2 Å². The molecule has 6 nitrogen and oxygen atoms in total. The van der Waals surface area contributed by atoms with E-state index in [0.29, 0.717) is 6.54 Å². The molecule has 1 aliphatic heterocycles. The maximum Gasteiger partial charge on any atom is 0.269 e. The lowest BCUT2D eigenvalue weighted by atomic mass is 10.1. The number of likely N-dealkylation sites (tertiary alicyclic amines) is 1. The average Bonchev–Trinajstić information content (AvgIpc) is 3.01. The van der Waals surface area contributed by atoms with Gasteiger partial charge < -0.3 is 14.3 Å². The first kappa shape index (κ1) is 19.4. The Kier molecular flexibility index (Phi) is 6.17. The van der Waals surface area contributed by atoms with Gasteiger partial charge in [-0.1, -0.05) is 5.92 Å². The summed E-state index contributed by atoms with van der Waals surface area (Å²) in [5, 5.41) is 21.2. The van der Waals surface area contributed by atoms with Crippen LogP contribution in [-0.2, 0) is 11.3 Å². The molecule has 1 unspecified atom stereocenters. The number of nitro benzene ring substituents is 1. The fourth-order valence-electron chi connectivity index (χ4n) is 3.37. The van der Waals surface area contributed by atoms with Crippen molar-refractivity contribution in [3.05, 3.63) is 39.9 Å². The van der Waals surface area contributed by atoms with E-state index in [-0.39, 0.29) is 12.3 Å². The zero-order chi connectivity index (χ0) is 18.5. The SMILES string of the molecule is C#CC(C)(C)OCC(O)C[N+]1(Cc2ccc([N+](=O)[O-])cc2)CCCC1. The lowest BCUT2D eigenvalue weighted by Crippen LogP contribution is -2.50. The number of benzene rings is 1. The van der Waals surface area contributed by atoms with Gasteiger partial charge in [0, 0.05) is 30.5 Å². The second-order valence-electron chi connectivity index (χ2n) is 7.38. The molecule has 1 aromatic rings. The number of aliphatic hydroxyl groups is 1. The highest BCUT2D eigenvalue weighted by atomic mass is 16.6. The second kappa shape index (κ2) is 7.96. The normalized spacial score (nSPS) is 17.8. The first-order valence-electron chi connectivity index (χ1n) is 8.63. The van der Waals surface area contributed by atoms with E-state index in [1.807, 2.05) is 0 Å². The van der Waals surface area contributed by atoms with Crippen LogP contribution in [0.5, 0.6) is 0 Å². The first-order valence-corrected chi connectivity index (χ1v) is 8.63. The summed E-state index contributed by atoms with van der Waals surface area (Å²) in [5.74, 6) is 2.56. The lowest BCUT2D eigenvalue weighted by molar-refractivity contribution is -0.932. The average molecular weight is 347 g/mol. The maximum atomic E-state index is 10.8. The largest absolute Gasteiger partial charge is 0.385 e. The van der Waals surface area contributed by atoms with Crippen molar-refractivity contribution in [2.24, 2.45) is 0 Å². The van der Waals surface area contributed by atoms with Gasteiger partial charge in [-0.15, -0.1) is 6.42 Å². The first-order chi connectivity index (χ1) is 11.8. The zero-order valence-electron chi connectivity index (χ0n) is 15.0. The van der Waals surface area contributed by atoms with Crippen molar-refractivity contribution in [2.75, 3.05) is 26.2 Å². The number of aliphatic hydroxyl groups excluding tert-OH is 1. The number of nitrogens with zero attached hydrogens (tertiary/aromatic N) is 2. The van der Waals surface area contributed by atoms with Crippen molar-refractivity contribution in [1.82, 2.24) is 0 Å². The fourth-order valence-corrected chi connectivity index (χ4v) is 3.37. The summed E-state index contributed by atoms with van der Waals surface area (Å²) in [6.07, 6.45) is 7.06. The van der Waals surface area contributed by atoms with Crippen LogP contribution in [0.25, 0.3) is 0 Å². The minimum absolute atomic E-state index is 0.0988. The van der Waals surface area contributed by atoms with E-state index in [1.165, 1.54) is 12.1 Å². The van der Waals surface area contributed by atoms with Crippen molar-refractivity contribution >= 4 is 5.69 Å². The molecule has 0 aliphatic carbocycles. The Morgan fingerprint density at radius 2 is 1.96 bits per heavy atom. The van der Waals surface area contributed by atoms with Crippen LogP contribution >= 0.6 is 0 Å². The van der Waals surface area contributed by atoms with Crippen LogP contribution in [0.3, 0.4) is 0 Å². The van der Waals surface area contributed by atoms with Crippen LogP contribution < -0.4 is 0 Å². The third kappa shape index (κ3) is 5.53. The van der Waals surface area contributed by atoms with Gasteiger partial charge in [0.05, 0.1) is 24.6 Å². The van der Waals surface area contributed by atoms with Gasteiger partial charge in [0.1, 0.15) is 24.8 Å². The minimum Gasteiger partial charge on any atom is -0.385 e. The highest BCUT2D eigenvalue weighted by Crippen LogP contribution is 2.25. The molecule has 0 aromatic heterocycles. The van der Waals surface area contributed by atoms with Crippen LogP contribution in [0.4, 0.5) is 5.69 Å². The molecular weight excluding hydrogens is 320 g/mol. The number of nitro groups is 1. The van der Waals surface area contributed by atoms with Gasteiger partial charge in [-0.25, -0.2) is 0 Å². The Balaban J connectivity index is 2.00. The highest BCUT2D eigenvalue weighted by Gasteiger charge is 2.35. The van der Waals surface area contributed by atoms with Crippen LogP contribution in [0.1, 0.15) is 32.3 Å². The van der Waals surface area contributed by atoms with Gasteiger partial charge >= 0.3 is 0 Å². The van der Waals surface area contributed by atoms with E-state index in [9.17, 15) is 15.2 Å². The van der Waals surface area contributed by atoms with Crippen molar-refractivity contribution < 1.29 is 19.2 Å². The molecule has 1 heterocycles. The Bertz CT molecular complexity index is 628. The molecule has 1 saturated heterocycles. The molecule has 1 aliphatic rings. The predicted octanol–water partition coefficient (Wildman–Crippen LogP) is 2.49. The van der Waals surface area contributed by atoms with E-state index in [1.54, 1.807) is 26.0 Å². The number of non-ortho nitro benzene ring substituents is 1. The van der Waals surface area contributed by atoms with Gasteiger partial charge in [0.15, 0.2) is 0 Å². The monoisotopic (exact) mass is 347 g/mol. The van der Waals surface area contributed by atoms with Crippen molar-refractivity contribution in [1.29, 1.82) is 0 Å². The molecule has 2 rings (SSSR count). The smallest absolute Gasteiger partial charge is 0.269 e. The van der Waals surface area contributed by atoms with E-state index < -0.39 is 16.6 Å². The Labute approximate surface area is 149 Å². The molecule has 1 aromatic carbocycles. The quantitative estimate of drug-likeness (QED) is 0.339. The van der Waals surface area contributed by atoms with Crippen LogP contribution in [-0.4, -0.2) is 52.5 Å². The van der Waals surface area contributed by atoms with Gasteiger partial charge in [0.25, 0.3) is 5.69 Å². The number of ether oxygens (including phenoxy) is 1. The predicted molar refractivity (Wildman–Crippen MR) is 95.8 cm³/mol. The number of terminal acetylenes is 1. The third-order valence-electron chi connectivity index (χ3n) is 4.76. The topological polar surface area (TPSA) is 72.6 Å². The molecule has 0 spiro atoms. The van der Waals surface area contributed by atoms with E-state index in [0.717, 1.165) is 42.5 Å². The fraction of sp³-hybridized carbons (Fsp3) is 0.579. The number of hydrogen-bond donors (Lipinski definition) is 1. The summed E-state index contributed by atoms with van der Waals surface area (Å²) >= 11 is 0. The summed E-state index contributed by atoms with van der Waals surface area (Å²) in [7, 11) is 0.